The third kappa shape index (κ3) is 3.72. The first-order chi connectivity index (χ1) is 11.2. The molecule has 1 saturated heterocycles. The standard InChI is InChI=1S/C18H18ClNO3/c19-15-6-4-12(5-7-15)13-2-1-3-14(10-13)17-18(22)20-16(11-21)8-9-23-17/h1-7,10,16-17,21H,8-9,11H2,(H,20,22)/t16-,17?/m0/s1. The third-order valence-electron chi connectivity index (χ3n) is 3.92. The molecule has 120 valence electrons. The van der Waals surface area contributed by atoms with Crippen molar-refractivity contribution in [3.63, 3.8) is 0 Å². The molecule has 0 aromatic heterocycles. The van der Waals surface area contributed by atoms with E-state index in [9.17, 15) is 9.90 Å². The van der Waals surface area contributed by atoms with Gasteiger partial charge in [-0.3, -0.25) is 4.79 Å². The van der Waals surface area contributed by atoms with Crippen LogP contribution in [0.2, 0.25) is 5.02 Å². The number of nitrogens with one attached hydrogen (secondary N) is 1. The van der Waals surface area contributed by atoms with Crippen molar-refractivity contribution in [3.05, 3.63) is 59.1 Å². The normalized spacial score (nSPS) is 21.6. The summed E-state index contributed by atoms with van der Waals surface area (Å²) in [6.45, 7) is 0.354. The highest BCUT2D eigenvalue weighted by molar-refractivity contribution is 6.30. The molecule has 1 aliphatic heterocycles. The lowest BCUT2D eigenvalue weighted by Gasteiger charge is -2.16. The van der Waals surface area contributed by atoms with Gasteiger partial charge in [0.1, 0.15) is 0 Å². The number of aliphatic hydroxyl groups is 1. The number of hydrogen-bond acceptors (Lipinski definition) is 3. The molecule has 1 amide bonds. The molecule has 1 fully saturated rings. The maximum absolute atomic E-state index is 12.3. The molecule has 4 nitrogen and oxygen atoms in total. The van der Waals surface area contributed by atoms with Crippen LogP contribution in [0.1, 0.15) is 18.1 Å². The molecule has 1 heterocycles. The molecule has 2 aromatic rings. The minimum Gasteiger partial charge on any atom is -0.394 e. The van der Waals surface area contributed by atoms with Crippen LogP contribution in [0.3, 0.4) is 0 Å². The quantitative estimate of drug-likeness (QED) is 0.909. The highest BCUT2D eigenvalue weighted by atomic mass is 35.5. The monoisotopic (exact) mass is 331 g/mol. The third-order valence-corrected chi connectivity index (χ3v) is 4.17. The number of benzene rings is 2. The van der Waals surface area contributed by atoms with Crippen molar-refractivity contribution in [3.8, 4) is 11.1 Å². The van der Waals surface area contributed by atoms with Gasteiger partial charge in [0.25, 0.3) is 5.91 Å². The fourth-order valence-electron chi connectivity index (χ4n) is 2.66. The van der Waals surface area contributed by atoms with E-state index in [2.05, 4.69) is 5.32 Å². The molecular formula is C18H18ClNO3. The number of aliphatic hydroxyl groups excluding tert-OH is 1. The largest absolute Gasteiger partial charge is 0.394 e. The van der Waals surface area contributed by atoms with E-state index in [1.54, 1.807) is 0 Å². The SMILES string of the molecule is O=C1N[C@H](CO)CCOC1c1cccc(-c2ccc(Cl)cc2)c1. The number of carbonyl (C=O) groups excluding carboxylic acids is 1. The maximum atomic E-state index is 12.3. The first-order valence-corrected chi connectivity index (χ1v) is 7.94. The summed E-state index contributed by atoms with van der Waals surface area (Å²) < 4.78 is 5.70. The predicted octanol–water partition coefficient (Wildman–Crippen LogP) is 2.95. The molecule has 0 saturated carbocycles. The molecule has 0 aliphatic carbocycles. The Hall–Kier alpha value is -1.88. The van der Waals surface area contributed by atoms with Crippen LogP contribution in [0.4, 0.5) is 0 Å². The number of rotatable bonds is 3. The smallest absolute Gasteiger partial charge is 0.254 e. The van der Waals surface area contributed by atoms with E-state index in [0.29, 0.717) is 18.1 Å². The number of ether oxygens (including phenoxy) is 1. The van der Waals surface area contributed by atoms with Crippen molar-refractivity contribution < 1.29 is 14.6 Å². The highest BCUT2D eigenvalue weighted by Gasteiger charge is 2.27. The van der Waals surface area contributed by atoms with Crippen LogP contribution in [-0.2, 0) is 9.53 Å². The Labute approximate surface area is 140 Å². The number of carbonyl (C=O) groups is 1. The van der Waals surface area contributed by atoms with Crippen molar-refractivity contribution in [2.24, 2.45) is 0 Å². The molecule has 1 unspecified atom stereocenters. The zero-order valence-electron chi connectivity index (χ0n) is 12.5. The molecule has 5 heteroatoms. The molecule has 2 atom stereocenters. The van der Waals surface area contributed by atoms with Gasteiger partial charge in [-0.25, -0.2) is 0 Å². The van der Waals surface area contributed by atoms with Gasteiger partial charge in [0.15, 0.2) is 6.10 Å². The Morgan fingerprint density at radius 3 is 2.70 bits per heavy atom. The van der Waals surface area contributed by atoms with Crippen molar-refractivity contribution in [1.82, 2.24) is 5.32 Å². The molecule has 23 heavy (non-hydrogen) atoms. The van der Waals surface area contributed by atoms with Gasteiger partial charge < -0.3 is 15.2 Å². The van der Waals surface area contributed by atoms with Crippen LogP contribution in [0, 0.1) is 0 Å². The molecular weight excluding hydrogens is 314 g/mol. The topological polar surface area (TPSA) is 58.6 Å². The minimum atomic E-state index is -0.654. The first-order valence-electron chi connectivity index (χ1n) is 7.56. The van der Waals surface area contributed by atoms with E-state index < -0.39 is 6.10 Å². The Kier molecular flexibility index (Phi) is 4.96. The Bertz CT molecular complexity index is 687. The van der Waals surface area contributed by atoms with E-state index in [-0.39, 0.29) is 18.6 Å². The number of halogens is 1. The van der Waals surface area contributed by atoms with Gasteiger partial charge in [-0.15, -0.1) is 0 Å². The second-order valence-corrected chi connectivity index (χ2v) is 6.00. The van der Waals surface area contributed by atoms with Crippen molar-refractivity contribution >= 4 is 17.5 Å². The second kappa shape index (κ2) is 7.13. The average Bonchev–Trinajstić information content (AvgIpc) is 2.77. The van der Waals surface area contributed by atoms with E-state index in [1.165, 1.54) is 0 Å². The van der Waals surface area contributed by atoms with Gasteiger partial charge in [0.05, 0.1) is 19.3 Å². The van der Waals surface area contributed by atoms with Gasteiger partial charge in [-0.2, -0.15) is 0 Å². The van der Waals surface area contributed by atoms with Gasteiger partial charge in [-0.1, -0.05) is 41.9 Å². The van der Waals surface area contributed by atoms with Gasteiger partial charge >= 0.3 is 0 Å². The second-order valence-electron chi connectivity index (χ2n) is 5.56. The number of hydrogen-bond donors (Lipinski definition) is 2. The Morgan fingerprint density at radius 2 is 1.96 bits per heavy atom. The Balaban J connectivity index is 1.87. The molecule has 0 spiro atoms. The van der Waals surface area contributed by atoms with E-state index in [4.69, 9.17) is 16.3 Å². The fraction of sp³-hybridized carbons (Fsp3) is 0.278. The molecule has 0 radical (unpaired) electrons. The summed E-state index contributed by atoms with van der Waals surface area (Å²) in [5.74, 6) is -0.213. The average molecular weight is 332 g/mol. The summed E-state index contributed by atoms with van der Waals surface area (Å²) in [5.41, 5.74) is 2.82. The summed E-state index contributed by atoms with van der Waals surface area (Å²) >= 11 is 5.92. The molecule has 2 aromatic carbocycles. The lowest BCUT2D eigenvalue weighted by atomic mass is 10.0. The number of amides is 1. The summed E-state index contributed by atoms with van der Waals surface area (Å²) in [7, 11) is 0. The highest BCUT2D eigenvalue weighted by Crippen LogP contribution is 2.27. The van der Waals surface area contributed by atoms with Crippen molar-refractivity contribution in [1.29, 1.82) is 0 Å². The van der Waals surface area contributed by atoms with Crippen LogP contribution in [0.5, 0.6) is 0 Å². The Morgan fingerprint density at radius 1 is 1.17 bits per heavy atom. The van der Waals surface area contributed by atoms with Crippen LogP contribution in [-0.4, -0.2) is 30.3 Å². The zero-order chi connectivity index (χ0) is 16.2. The minimum absolute atomic E-state index is 0.0768. The summed E-state index contributed by atoms with van der Waals surface area (Å²) in [4.78, 5) is 12.3. The van der Waals surface area contributed by atoms with E-state index >= 15 is 0 Å². The molecule has 3 rings (SSSR count). The van der Waals surface area contributed by atoms with Gasteiger partial charge in [0.2, 0.25) is 0 Å². The van der Waals surface area contributed by atoms with Crippen LogP contribution >= 0.6 is 11.6 Å². The van der Waals surface area contributed by atoms with Crippen molar-refractivity contribution in [2.45, 2.75) is 18.6 Å². The maximum Gasteiger partial charge on any atom is 0.254 e. The molecule has 1 aliphatic rings. The summed E-state index contributed by atoms with van der Waals surface area (Å²) in [5, 5.41) is 12.7. The van der Waals surface area contributed by atoms with E-state index in [1.807, 2.05) is 48.5 Å². The molecule has 2 N–H and O–H groups in total. The summed E-state index contributed by atoms with van der Waals surface area (Å²) in [6, 6.07) is 15.0. The lowest BCUT2D eigenvalue weighted by molar-refractivity contribution is -0.131. The predicted molar refractivity (Wildman–Crippen MR) is 89.2 cm³/mol. The first kappa shape index (κ1) is 16.0. The van der Waals surface area contributed by atoms with E-state index in [0.717, 1.165) is 16.7 Å². The fourth-order valence-corrected chi connectivity index (χ4v) is 2.79. The van der Waals surface area contributed by atoms with Crippen LogP contribution in [0.15, 0.2) is 48.5 Å². The zero-order valence-corrected chi connectivity index (χ0v) is 13.3. The van der Waals surface area contributed by atoms with Crippen LogP contribution < -0.4 is 5.32 Å². The van der Waals surface area contributed by atoms with Gasteiger partial charge in [0, 0.05) is 5.02 Å². The summed E-state index contributed by atoms with van der Waals surface area (Å²) in [6.07, 6.45) is -0.0471. The van der Waals surface area contributed by atoms with Crippen molar-refractivity contribution in [2.75, 3.05) is 13.2 Å². The molecule has 0 bridgehead atoms. The lowest BCUT2D eigenvalue weighted by Crippen LogP contribution is -2.38. The van der Waals surface area contributed by atoms with Crippen LogP contribution in [0.25, 0.3) is 11.1 Å². The van der Waals surface area contributed by atoms with Gasteiger partial charge in [-0.05, 0) is 41.3 Å².